The van der Waals surface area contributed by atoms with Crippen molar-refractivity contribution in [3.63, 3.8) is 0 Å². The zero-order chi connectivity index (χ0) is 20.7. The van der Waals surface area contributed by atoms with Gasteiger partial charge in [0, 0.05) is 6.54 Å². The van der Waals surface area contributed by atoms with Crippen molar-refractivity contribution in [3.05, 3.63) is 58.9 Å². The Morgan fingerprint density at radius 3 is 2.50 bits per heavy atom. The van der Waals surface area contributed by atoms with Crippen LogP contribution in [0, 0.1) is 5.82 Å². The molecule has 1 atom stereocenters. The van der Waals surface area contributed by atoms with Crippen LogP contribution in [0.1, 0.15) is 31.9 Å². The van der Waals surface area contributed by atoms with Crippen LogP contribution in [0.2, 0.25) is 5.02 Å². The fourth-order valence-corrected chi connectivity index (χ4v) is 3.81. The molecule has 0 fully saturated rings. The summed E-state index contributed by atoms with van der Waals surface area (Å²) in [5.74, 6) is -0.550. The van der Waals surface area contributed by atoms with Crippen molar-refractivity contribution in [3.8, 4) is 5.75 Å². The molecule has 1 unspecified atom stereocenters. The third-order valence-corrected chi connectivity index (χ3v) is 5.62. The molecule has 0 heterocycles. The fourth-order valence-electron chi connectivity index (χ4n) is 2.35. The van der Waals surface area contributed by atoms with Gasteiger partial charge in [-0.25, -0.2) is 17.5 Å². The second kappa shape index (κ2) is 9.86. The van der Waals surface area contributed by atoms with Gasteiger partial charge in [-0.1, -0.05) is 30.7 Å². The first kappa shape index (κ1) is 22.1. The Bertz CT molecular complexity index is 920. The molecule has 0 aliphatic rings. The first-order chi connectivity index (χ1) is 13.2. The van der Waals surface area contributed by atoms with E-state index in [0.717, 1.165) is 5.56 Å². The molecule has 0 aromatic heterocycles. The summed E-state index contributed by atoms with van der Waals surface area (Å²) in [6.07, 6.45) is 0.666. The molecular weight excluding hydrogens is 407 g/mol. The molecule has 2 rings (SSSR count). The third-order valence-electron chi connectivity index (χ3n) is 3.86. The van der Waals surface area contributed by atoms with Crippen LogP contribution >= 0.6 is 11.6 Å². The summed E-state index contributed by atoms with van der Waals surface area (Å²) in [5, 5.41) is 2.81. The summed E-state index contributed by atoms with van der Waals surface area (Å²) >= 11 is 6.08. The predicted octanol–water partition coefficient (Wildman–Crippen LogP) is 3.42. The Labute approximate surface area is 169 Å². The number of carbonyl (C=O) groups is 1. The summed E-state index contributed by atoms with van der Waals surface area (Å²) in [6, 6.07) is 9.52. The van der Waals surface area contributed by atoms with Crippen molar-refractivity contribution < 1.29 is 22.3 Å². The van der Waals surface area contributed by atoms with Gasteiger partial charge in [0.2, 0.25) is 10.0 Å². The number of ether oxygens (including phenoxy) is 1. The summed E-state index contributed by atoms with van der Waals surface area (Å²) in [7, 11) is -3.64. The van der Waals surface area contributed by atoms with Crippen LogP contribution in [0.3, 0.4) is 0 Å². The Morgan fingerprint density at radius 1 is 1.21 bits per heavy atom. The van der Waals surface area contributed by atoms with Gasteiger partial charge in [-0.2, -0.15) is 0 Å². The average Bonchev–Trinajstić information content (AvgIpc) is 2.65. The lowest BCUT2D eigenvalue weighted by molar-refractivity contribution is -0.123. The van der Waals surface area contributed by atoms with Crippen molar-refractivity contribution in [1.29, 1.82) is 0 Å². The lowest BCUT2D eigenvalue weighted by Crippen LogP contribution is -2.31. The van der Waals surface area contributed by atoms with E-state index >= 15 is 0 Å². The zero-order valence-electron chi connectivity index (χ0n) is 15.5. The van der Waals surface area contributed by atoms with Crippen LogP contribution in [0.15, 0.2) is 47.4 Å². The monoisotopic (exact) mass is 428 g/mol. The zero-order valence-corrected chi connectivity index (χ0v) is 17.1. The molecule has 28 heavy (non-hydrogen) atoms. The van der Waals surface area contributed by atoms with E-state index in [-0.39, 0.29) is 34.1 Å². The maximum atomic E-state index is 13.0. The third kappa shape index (κ3) is 6.19. The van der Waals surface area contributed by atoms with E-state index in [1.54, 1.807) is 19.1 Å². The standard InChI is InChI=1S/C19H22ClFN2O4S/c1-3-10-22-28(25,26)16-8-9-18(17(20)11-16)27-12-19(24)23-13(2)14-4-6-15(21)7-5-14/h4-9,11,13,22H,3,10,12H2,1-2H3,(H,23,24). The number of halogens is 2. The van der Waals surface area contributed by atoms with Crippen molar-refractivity contribution in [2.45, 2.75) is 31.2 Å². The van der Waals surface area contributed by atoms with Crippen molar-refractivity contribution >= 4 is 27.5 Å². The van der Waals surface area contributed by atoms with E-state index in [1.165, 1.54) is 30.3 Å². The van der Waals surface area contributed by atoms with E-state index in [2.05, 4.69) is 10.0 Å². The van der Waals surface area contributed by atoms with Gasteiger partial charge >= 0.3 is 0 Å². The molecular formula is C19H22ClFN2O4S. The van der Waals surface area contributed by atoms with Crippen molar-refractivity contribution in [2.75, 3.05) is 13.2 Å². The number of amides is 1. The number of sulfonamides is 1. The molecule has 2 aromatic rings. The Balaban J connectivity index is 1.94. The molecule has 0 saturated heterocycles. The minimum atomic E-state index is -3.64. The molecule has 9 heteroatoms. The second-order valence-corrected chi connectivity index (χ2v) is 8.29. The molecule has 1 amide bonds. The summed E-state index contributed by atoms with van der Waals surface area (Å²) in [5.41, 5.74) is 0.752. The highest BCUT2D eigenvalue weighted by molar-refractivity contribution is 7.89. The van der Waals surface area contributed by atoms with Crippen LogP contribution in [0.5, 0.6) is 5.75 Å². The van der Waals surface area contributed by atoms with Gasteiger partial charge in [0.15, 0.2) is 6.61 Å². The molecule has 152 valence electrons. The van der Waals surface area contributed by atoms with E-state index < -0.39 is 15.9 Å². The van der Waals surface area contributed by atoms with Crippen LogP contribution in [-0.4, -0.2) is 27.5 Å². The number of hydrogen-bond acceptors (Lipinski definition) is 4. The van der Waals surface area contributed by atoms with E-state index in [1.807, 2.05) is 6.92 Å². The molecule has 0 saturated carbocycles. The molecule has 2 aromatic carbocycles. The highest BCUT2D eigenvalue weighted by Gasteiger charge is 2.16. The van der Waals surface area contributed by atoms with Crippen LogP contribution in [0.4, 0.5) is 4.39 Å². The Kier molecular flexibility index (Phi) is 7.79. The summed E-state index contributed by atoms with van der Waals surface area (Å²) in [6.45, 7) is 3.64. The molecule has 6 nitrogen and oxygen atoms in total. The van der Waals surface area contributed by atoms with Gasteiger partial charge in [0.1, 0.15) is 11.6 Å². The van der Waals surface area contributed by atoms with Gasteiger partial charge in [0.25, 0.3) is 5.91 Å². The van der Waals surface area contributed by atoms with E-state index in [9.17, 15) is 17.6 Å². The Morgan fingerprint density at radius 2 is 1.89 bits per heavy atom. The fraction of sp³-hybridized carbons (Fsp3) is 0.316. The highest BCUT2D eigenvalue weighted by atomic mass is 35.5. The lowest BCUT2D eigenvalue weighted by Gasteiger charge is -2.15. The molecule has 0 radical (unpaired) electrons. The highest BCUT2D eigenvalue weighted by Crippen LogP contribution is 2.27. The minimum Gasteiger partial charge on any atom is -0.482 e. The van der Waals surface area contributed by atoms with Crippen LogP contribution in [-0.2, 0) is 14.8 Å². The first-order valence-corrected chi connectivity index (χ1v) is 10.6. The van der Waals surface area contributed by atoms with Crippen molar-refractivity contribution in [2.24, 2.45) is 0 Å². The quantitative estimate of drug-likeness (QED) is 0.640. The summed E-state index contributed by atoms with van der Waals surface area (Å²) < 4.78 is 45.0. The first-order valence-electron chi connectivity index (χ1n) is 8.69. The maximum Gasteiger partial charge on any atom is 0.258 e. The summed E-state index contributed by atoms with van der Waals surface area (Å²) in [4.78, 5) is 12.1. The maximum absolute atomic E-state index is 13.0. The second-order valence-electron chi connectivity index (χ2n) is 6.12. The topological polar surface area (TPSA) is 84.5 Å². The van der Waals surface area contributed by atoms with E-state index in [4.69, 9.17) is 16.3 Å². The largest absolute Gasteiger partial charge is 0.482 e. The number of nitrogens with one attached hydrogen (secondary N) is 2. The van der Waals surface area contributed by atoms with Gasteiger partial charge < -0.3 is 10.1 Å². The molecule has 0 aliphatic heterocycles. The van der Waals surface area contributed by atoms with Crippen LogP contribution in [0.25, 0.3) is 0 Å². The number of carbonyl (C=O) groups excluding carboxylic acids is 1. The average molecular weight is 429 g/mol. The van der Waals surface area contributed by atoms with Crippen LogP contribution < -0.4 is 14.8 Å². The minimum absolute atomic E-state index is 0.0210. The number of rotatable bonds is 9. The number of benzene rings is 2. The normalized spacial score (nSPS) is 12.4. The van der Waals surface area contributed by atoms with Crippen molar-refractivity contribution in [1.82, 2.24) is 10.0 Å². The van der Waals surface area contributed by atoms with Gasteiger partial charge in [-0.15, -0.1) is 0 Å². The Hall–Kier alpha value is -2.16. The van der Waals surface area contributed by atoms with Gasteiger partial charge in [-0.3, -0.25) is 4.79 Å². The predicted molar refractivity (Wildman–Crippen MR) is 105 cm³/mol. The lowest BCUT2D eigenvalue weighted by atomic mass is 10.1. The number of hydrogen-bond donors (Lipinski definition) is 2. The smallest absolute Gasteiger partial charge is 0.258 e. The van der Waals surface area contributed by atoms with Gasteiger partial charge in [-0.05, 0) is 49.2 Å². The molecule has 0 spiro atoms. The molecule has 0 aliphatic carbocycles. The SMILES string of the molecule is CCCNS(=O)(=O)c1ccc(OCC(=O)NC(C)c2ccc(F)cc2)c(Cl)c1. The molecule has 2 N–H and O–H groups in total. The van der Waals surface area contributed by atoms with Gasteiger partial charge in [0.05, 0.1) is 16.0 Å². The van der Waals surface area contributed by atoms with E-state index in [0.29, 0.717) is 13.0 Å². The molecule has 0 bridgehead atoms.